The first kappa shape index (κ1) is 17.0. The maximum atomic E-state index is 12.8. The van der Waals surface area contributed by atoms with Crippen molar-refractivity contribution in [3.63, 3.8) is 0 Å². The number of pyridine rings is 2. The van der Waals surface area contributed by atoms with Crippen molar-refractivity contribution < 1.29 is 14.3 Å². The minimum Gasteiger partial charge on any atom is -0.454 e. The molecule has 142 valence electrons. The fraction of sp³-hybridized carbons (Fsp3) is 0.0455. The van der Waals surface area contributed by atoms with Crippen LogP contribution in [-0.2, 0) is 0 Å². The van der Waals surface area contributed by atoms with Gasteiger partial charge in [-0.15, -0.1) is 0 Å². The Morgan fingerprint density at radius 1 is 0.931 bits per heavy atom. The maximum Gasteiger partial charge on any atom is 0.257 e. The van der Waals surface area contributed by atoms with E-state index in [-0.39, 0.29) is 12.7 Å². The monoisotopic (exact) mass is 384 g/mol. The zero-order chi connectivity index (χ0) is 19.6. The Hall–Kier alpha value is -4.13. The Balaban J connectivity index is 1.37. The van der Waals surface area contributed by atoms with Gasteiger partial charge in [-0.25, -0.2) is 0 Å². The van der Waals surface area contributed by atoms with Crippen LogP contribution in [0.2, 0.25) is 0 Å². The number of ether oxygens (including phenoxy) is 2. The molecule has 7 heteroatoms. The normalized spacial score (nSPS) is 12.0. The van der Waals surface area contributed by atoms with Gasteiger partial charge in [0.05, 0.1) is 28.7 Å². The number of benzene rings is 2. The number of amides is 1. The molecule has 0 spiro atoms. The average molecular weight is 384 g/mol. The predicted octanol–water partition coefficient (Wildman–Crippen LogP) is 4.35. The minimum atomic E-state index is -0.259. The van der Waals surface area contributed by atoms with E-state index < -0.39 is 0 Å². The van der Waals surface area contributed by atoms with Gasteiger partial charge in [-0.3, -0.25) is 14.8 Å². The second-order valence-electron chi connectivity index (χ2n) is 6.49. The van der Waals surface area contributed by atoms with Crippen molar-refractivity contribution in [2.75, 3.05) is 17.4 Å². The van der Waals surface area contributed by atoms with Crippen LogP contribution < -0.4 is 20.1 Å². The predicted molar refractivity (Wildman–Crippen MR) is 110 cm³/mol. The van der Waals surface area contributed by atoms with Crippen LogP contribution in [0.15, 0.2) is 73.2 Å². The van der Waals surface area contributed by atoms with Gasteiger partial charge in [-0.2, -0.15) is 0 Å². The summed E-state index contributed by atoms with van der Waals surface area (Å²) in [5, 5.41) is 7.11. The Morgan fingerprint density at radius 2 is 1.83 bits per heavy atom. The molecule has 29 heavy (non-hydrogen) atoms. The van der Waals surface area contributed by atoms with Crippen molar-refractivity contribution in [3.05, 3.63) is 78.8 Å². The molecular weight excluding hydrogens is 368 g/mol. The smallest absolute Gasteiger partial charge is 0.257 e. The Morgan fingerprint density at radius 3 is 2.79 bits per heavy atom. The lowest BCUT2D eigenvalue weighted by Gasteiger charge is -2.10. The van der Waals surface area contributed by atoms with Crippen LogP contribution in [-0.4, -0.2) is 22.7 Å². The third-order valence-corrected chi connectivity index (χ3v) is 4.54. The van der Waals surface area contributed by atoms with Gasteiger partial charge in [0.2, 0.25) is 6.79 Å². The van der Waals surface area contributed by atoms with Crippen molar-refractivity contribution in [1.82, 2.24) is 9.97 Å². The number of fused-ring (bicyclic) bond motifs is 2. The van der Waals surface area contributed by atoms with E-state index in [1.165, 1.54) is 6.20 Å². The highest BCUT2D eigenvalue weighted by molar-refractivity contribution is 6.08. The molecule has 2 aromatic carbocycles. The summed E-state index contributed by atoms with van der Waals surface area (Å²) in [6.07, 6.45) is 4.88. The number of nitrogens with zero attached hydrogens (tertiary/aromatic N) is 2. The minimum absolute atomic E-state index is 0.221. The number of anilines is 3. The maximum absolute atomic E-state index is 12.8. The molecule has 0 atom stereocenters. The quantitative estimate of drug-likeness (QED) is 0.544. The van der Waals surface area contributed by atoms with E-state index in [1.807, 2.05) is 48.5 Å². The van der Waals surface area contributed by atoms with E-state index in [4.69, 9.17) is 9.47 Å². The molecular formula is C22H16N4O3. The largest absolute Gasteiger partial charge is 0.454 e. The molecule has 0 aliphatic carbocycles. The molecule has 7 nitrogen and oxygen atoms in total. The van der Waals surface area contributed by atoms with Crippen molar-refractivity contribution >= 4 is 33.9 Å². The average Bonchev–Trinajstić information content (AvgIpc) is 3.22. The van der Waals surface area contributed by atoms with Gasteiger partial charge in [0.1, 0.15) is 0 Å². The van der Waals surface area contributed by atoms with Crippen LogP contribution in [0.3, 0.4) is 0 Å². The summed E-state index contributed by atoms with van der Waals surface area (Å²) in [4.78, 5) is 21.3. The van der Waals surface area contributed by atoms with Crippen molar-refractivity contribution in [3.8, 4) is 11.5 Å². The van der Waals surface area contributed by atoms with E-state index in [0.717, 1.165) is 16.6 Å². The number of aromatic nitrogens is 2. The lowest BCUT2D eigenvalue weighted by atomic mass is 10.1. The molecule has 2 N–H and O–H groups in total. The lowest BCUT2D eigenvalue weighted by Crippen LogP contribution is -2.13. The van der Waals surface area contributed by atoms with Gasteiger partial charge in [-0.1, -0.05) is 18.2 Å². The summed E-state index contributed by atoms with van der Waals surface area (Å²) in [6.45, 7) is 0.221. The fourth-order valence-electron chi connectivity index (χ4n) is 3.17. The van der Waals surface area contributed by atoms with Gasteiger partial charge >= 0.3 is 0 Å². The summed E-state index contributed by atoms with van der Waals surface area (Å²) in [6, 6.07) is 16.8. The van der Waals surface area contributed by atoms with Gasteiger partial charge in [0.25, 0.3) is 5.91 Å². The van der Waals surface area contributed by atoms with E-state index in [1.54, 1.807) is 18.5 Å². The van der Waals surface area contributed by atoms with Gasteiger partial charge in [0, 0.05) is 29.5 Å². The molecule has 0 bridgehead atoms. The number of nitrogens with one attached hydrogen (secondary N) is 2. The van der Waals surface area contributed by atoms with Crippen molar-refractivity contribution in [1.29, 1.82) is 0 Å². The fourth-order valence-corrected chi connectivity index (χ4v) is 3.17. The summed E-state index contributed by atoms with van der Waals surface area (Å²) in [5.74, 6) is 1.14. The molecule has 0 fully saturated rings. The highest BCUT2D eigenvalue weighted by atomic mass is 16.7. The van der Waals surface area contributed by atoms with Gasteiger partial charge in [-0.05, 0) is 30.3 Å². The highest BCUT2D eigenvalue weighted by Gasteiger charge is 2.14. The summed E-state index contributed by atoms with van der Waals surface area (Å²) in [7, 11) is 0. The second kappa shape index (κ2) is 7.12. The number of rotatable bonds is 4. The third kappa shape index (κ3) is 3.41. The number of para-hydroxylation sites is 1. The number of carbonyl (C=O) groups is 1. The first-order valence-corrected chi connectivity index (χ1v) is 9.03. The lowest BCUT2D eigenvalue weighted by molar-refractivity contribution is 0.102. The Bertz CT molecular complexity index is 1220. The zero-order valence-corrected chi connectivity index (χ0v) is 15.3. The Kier molecular flexibility index (Phi) is 4.18. The summed E-state index contributed by atoms with van der Waals surface area (Å²) >= 11 is 0. The van der Waals surface area contributed by atoms with Crippen LogP contribution in [0.5, 0.6) is 11.5 Å². The molecule has 1 amide bonds. The first-order chi connectivity index (χ1) is 14.3. The number of hydrogen-bond donors (Lipinski definition) is 2. The third-order valence-electron chi connectivity index (χ3n) is 4.54. The molecule has 0 saturated heterocycles. The molecule has 1 aliphatic heterocycles. The van der Waals surface area contributed by atoms with E-state index >= 15 is 0 Å². The standard InChI is InChI=1S/C22H16N4O3/c27-22(26-18-5-1-3-14-4-2-8-24-21(14)18)15-9-17(12-23-11-15)25-16-6-7-19-20(10-16)29-13-28-19/h1-12,25H,13H2,(H,26,27). The molecule has 0 saturated carbocycles. The topological polar surface area (TPSA) is 85.4 Å². The van der Waals surface area contributed by atoms with Crippen molar-refractivity contribution in [2.24, 2.45) is 0 Å². The number of hydrogen-bond acceptors (Lipinski definition) is 6. The first-order valence-electron chi connectivity index (χ1n) is 9.03. The molecule has 1 aliphatic rings. The van der Waals surface area contributed by atoms with E-state index in [2.05, 4.69) is 20.6 Å². The summed E-state index contributed by atoms with van der Waals surface area (Å²) in [5.41, 5.74) is 3.33. The van der Waals surface area contributed by atoms with E-state index in [0.29, 0.717) is 28.4 Å². The highest BCUT2D eigenvalue weighted by Crippen LogP contribution is 2.35. The molecule has 0 radical (unpaired) electrons. The molecule has 4 aromatic rings. The number of carbonyl (C=O) groups excluding carboxylic acids is 1. The molecule has 0 unspecified atom stereocenters. The van der Waals surface area contributed by atoms with Crippen LogP contribution in [0.25, 0.3) is 10.9 Å². The van der Waals surface area contributed by atoms with Crippen LogP contribution in [0.1, 0.15) is 10.4 Å². The zero-order valence-electron chi connectivity index (χ0n) is 15.3. The molecule has 2 aromatic heterocycles. The second-order valence-corrected chi connectivity index (χ2v) is 6.49. The van der Waals surface area contributed by atoms with Crippen LogP contribution in [0.4, 0.5) is 17.1 Å². The SMILES string of the molecule is O=C(Nc1cccc2cccnc12)c1cncc(Nc2ccc3c(c2)OCO3)c1. The molecule has 5 rings (SSSR count). The van der Waals surface area contributed by atoms with Gasteiger partial charge < -0.3 is 20.1 Å². The van der Waals surface area contributed by atoms with Gasteiger partial charge in [0.15, 0.2) is 11.5 Å². The summed E-state index contributed by atoms with van der Waals surface area (Å²) < 4.78 is 10.7. The Labute approximate surface area is 166 Å². The van der Waals surface area contributed by atoms with E-state index in [9.17, 15) is 4.79 Å². The van der Waals surface area contributed by atoms with Crippen LogP contribution >= 0.6 is 0 Å². The van der Waals surface area contributed by atoms with Crippen molar-refractivity contribution in [2.45, 2.75) is 0 Å². The van der Waals surface area contributed by atoms with Crippen LogP contribution in [0, 0.1) is 0 Å². The molecule has 3 heterocycles.